The molecule has 1 aromatic heterocycles. The molecule has 0 spiro atoms. The Hall–Kier alpha value is -0.800. The molecule has 0 aromatic carbocycles. The summed E-state index contributed by atoms with van der Waals surface area (Å²) >= 11 is 0. The molecule has 3 rings (SSSR count). The van der Waals surface area contributed by atoms with E-state index < -0.39 is 0 Å². The summed E-state index contributed by atoms with van der Waals surface area (Å²) in [6.45, 7) is 5.84. The Morgan fingerprint density at radius 1 is 1.50 bits per heavy atom. The van der Waals surface area contributed by atoms with Gasteiger partial charge in [-0.3, -0.25) is 4.90 Å². The number of fused-ring (bicyclic) bond motifs is 1. The molecule has 0 aliphatic carbocycles. The van der Waals surface area contributed by atoms with Crippen LogP contribution in [0.5, 0.6) is 0 Å². The Morgan fingerprint density at radius 2 is 2.44 bits per heavy atom. The van der Waals surface area contributed by atoms with Crippen molar-refractivity contribution < 1.29 is 4.42 Å². The zero-order chi connectivity index (χ0) is 11.0. The van der Waals surface area contributed by atoms with Crippen molar-refractivity contribution in [1.29, 1.82) is 0 Å². The van der Waals surface area contributed by atoms with Gasteiger partial charge in [0.2, 0.25) is 0 Å². The SMILES string of the molecule is CC(c1ccco1)N1CC2CCCNC2C1. The highest BCUT2D eigenvalue weighted by Crippen LogP contribution is 2.31. The predicted octanol–water partition coefficient (Wildman–Crippen LogP) is 2.02. The zero-order valence-corrected chi connectivity index (χ0v) is 9.86. The summed E-state index contributed by atoms with van der Waals surface area (Å²) in [7, 11) is 0. The average Bonchev–Trinajstić information content (AvgIpc) is 2.97. The molecule has 0 saturated carbocycles. The lowest BCUT2D eigenvalue weighted by Gasteiger charge is -2.24. The predicted molar refractivity (Wildman–Crippen MR) is 63.2 cm³/mol. The molecular weight excluding hydrogens is 200 g/mol. The molecule has 3 unspecified atom stereocenters. The molecule has 3 nitrogen and oxygen atoms in total. The molecule has 1 aromatic rings. The summed E-state index contributed by atoms with van der Waals surface area (Å²) in [5.74, 6) is 1.95. The number of hydrogen-bond donors (Lipinski definition) is 1. The van der Waals surface area contributed by atoms with Gasteiger partial charge in [-0.2, -0.15) is 0 Å². The summed E-state index contributed by atoms with van der Waals surface area (Å²) in [5, 5.41) is 3.64. The van der Waals surface area contributed by atoms with E-state index in [1.54, 1.807) is 6.26 Å². The topological polar surface area (TPSA) is 28.4 Å². The van der Waals surface area contributed by atoms with Crippen LogP contribution in [0, 0.1) is 5.92 Å². The number of nitrogens with one attached hydrogen (secondary N) is 1. The van der Waals surface area contributed by atoms with Crippen LogP contribution < -0.4 is 5.32 Å². The number of likely N-dealkylation sites (tertiary alicyclic amines) is 1. The molecule has 88 valence electrons. The highest BCUT2D eigenvalue weighted by molar-refractivity contribution is 5.06. The average molecular weight is 220 g/mol. The Morgan fingerprint density at radius 3 is 3.19 bits per heavy atom. The second-order valence-corrected chi connectivity index (χ2v) is 5.11. The van der Waals surface area contributed by atoms with Gasteiger partial charge in [-0.1, -0.05) is 0 Å². The van der Waals surface area contributed by atoms with Gasteiger partial charge in [-0.15, -0.1) is 0 Å². The van der Waals surface area contributed by atoms with Gasteiger partial charge in [-0.05, 0) is 44.4 Å². The van der Waals surface area contributed by atoms with E-state index in [1.165, 1.54) is 32.5 Å². The van der Waals surface area contributed by atoms with Gasteiger partial charge in [0.15, 0.2) is 0 Å². The summed E-state index contributed by atoms with van der Waals surface area (Å²) < 4.78 is 5.50. The van der Waals surface area contributed by atoms with Crippen molar-refractivity contribution in [2.24, 2.45) is 5.92 Å². The fourth-order valence-electron chi connectivity index (χ4n) is 3.11. The van der Waals surface area contributed by atoms with Crippen LogP contribution in [-0.2, 0) is 0 Å². The van der Waals surface area contributed by atoms with E-state index in [0.29, 0.717) is 12.1 Å². The number of piperidine rings is 1. The molecule has 3 heterocycles. The van der Waals surface area contributed by atoms with Crippen molar-refractivity contribution >= 4 is 0 Å². The van der Waals surface area contributed by atoms with E-state index in [4.69, 9.17) is 4.42 Å². The summed E-state index contributed by atoms with van der Waals surface area (Å²) in [4.78, 5) is 2.55. The molecule has 1 N–H and O–H groups in total. The summed E-state index contributed by atoms with van der Waals surface area (Å²) in [5.41, 5.74) is 0. The Labute approximate surface area is 96.8 Å². The fourth-order valence-corrected chi connectivity index (χ4v) is 3.11. The smallest absolute Gasteiger partial charge is 0.120 e. The van der Waals surface area contributed by atoms with Crippen LogP contribution in [0.25, 0.3) is 0 Å². The lowest BCUT2D eigenvalue weighted by Crippen LogP contribution is -2.40. The van der Waals surface area contributed by atoms with E-state index in [9.17, 15) is 0 Å². The third-order valence-corrected chi connectivity index (χ3v) is 4.13. The minimum atomic E-state index is 0.419. The molecule has 0 amide bonds. The van der Waals surface area contributed by atoms with Crippen LogP contribution in [0.1, 0.15) is 31.6 Å². The minimum absolute atomic E-state index is 0.419. The molecule has 2 saturated heterocycles. The van der Waals surface area contributed by atoms with Crippen LogP contribution >= 0.6 is 0 Å². The summed E-state index contributed by atoms with van der Waals surface area (Å²) in [6, 6.07) is 5.20. The van der Waals surface area contributed by atoms with Crippen molar-refractivity contribution in [3.63, 3.8) is 0 Å². The normalized spacial score (nSPS) is 32.6. The number of rotatable bonds is 2. The van der Waals surface area contributed by atoms with Crippen LogP contribution in [0.3, 0.4) is 0 Å². The van der Waals surface area contributed by atoms with Gasteiger partial charge < -0.3 is 9.73 Å². The van der Waals surface area contributed by atoms with Gasteiger partial charge >= 0.3 is 0 Å². The van der Waals surface area contributed by atoms with Crippen molar-refractivity contribution in [3.8, 4) is 0 Å². The maximum Gasteiger partial charge on any atom is 0.120 e. The van der Waals surface area contributed by atoms with Crippen molar-refractivity contribution in [1.82, 2.24) is 10.2 Å². The highest BCUT2D eigenvalue weighted by Gasteiger charge is 2.36. The van der Waals surface area contributed by atoms with E-state index >= 15 is 0 Å². The molecule has 0 radical (unpaired) electrons. The number of furan rings is 1. The first-order valence-electron chi connectivity index (χ1n) is 6.35. The molecule has 3 atom stereocenters. The molecule has 2 aliphatic heterocycles. The third kappa shape index (κ3) is 1.78. The van der Waals surface area contributed by atoms with E-state index in [0.717, 1.165) is 11.7 Å². The first-order chi connectivity index (χ1) is 7.84. The fraction of sp³-hybridized carbons (Fsp3) is 0.692. The van der Waals surface area contributed by atoms with Gasteiger partial charge in [0.25, 0.3) is 0 Å². The summed E-state index contributed by atoms with van der Waals surface area (Å²) in [6.07, 6.45) is 4.50. The second-order valence-electron chi connectivity index (χ2n) is 5.11. The highest BCUT2D eigenvalue weighted by atomic mass is 16.3. The van der Waals surface area contributed by atoms with Crippen molar-refractivity contribution in [2.75, 3.05) is 19.6 Å². The minimum Gasteiger partial charge on any atom is -0.468 e. The van der Waals surface area contributed by atoms with E-state index in [2.05, 4.69) is 23.2 Å². The standard InChI is InChI=1S/C13H20N2O/c1-10(13-5-3-7-16-13)15-8-11-4-2-6-14-12(11)9-15/h3,5,7,10-12,14H,2,4,6,8-9H2,1H3. The zero-order valence-electron chi connectivity index (χ0n) is 9.86. The van der Waals surface area contributed by atoms with E-state index in [-0.39, 0.29) is 0 Å². The lowest BCUT2D eigenvalue weighted by atomic mass is 9.94. The van der Waals surface area contributed by atoms with Crippen molar-refractivity contribution in [3.05, 3.63) is 24.2 Å². The Kier molecular flexibility index (Phi) is 2.74. The first-order valence-corrected chi connectivity index (χ1v) is 6.35. The molecule has 2 fully saturated rings. The van der Waals surface area contributed by atoms with Crippen molar-refractivity contribution in [2.45, 2.75) is 31.8 Å². The first kappa shape index (κ1) is 10.4. The number of nitrogens with zero attached hydrogens (tertiary/aromatic N) is 1. The quantitative estimate of drug-likeness (QED) is 0.826. The van der Waals surface area contributed by atoms with Crippen LogP contribution in [0.2, 0.25) is 0 Å². The largest absolute Gasteiger partial charge is 0.468 e. The number of hydrogen-bond acceptors (Lipinski definition) is 3. The van der Waals surface area contributed by atoms with Gasteiger partial charge in [-0.25, -0.2) is 0 Å². The van der Waals surface area contributed by atoms with Crippen LogP contribution in [0.15, 0.2) is 22.8 Å². The van der Waals surface area contributed by atoms with Crippen LogP contribution in [-0.4, -0.2) is 30.6 Å². The maximum atomic E-state index is 5.50. The van der Waals surface area contributed by atoms with E-state index in [1.807, 2.05) is 6.07 Å². The molecule has 2 aliphatic rings. The molecule has 0 bridgehead atoms. The maximum absolute atomic E-state index is 5.50. The Balaban J connectivity index is 1.68. The van der Waals surface area contributed by atoms with Gasteiger partial charge in [0, 0.05) is 19.1 Å². The molecule has 16 heavy (non-hydrogen) atoms. The van der Waals surface area contributed by atoms with Gasteiger partial charge in [0.05, 0.1) is 12.3 Å². The molecular formula is C13H20N2O. The second kappa shape index (κ2) is 4.22. The monoisotopic (exact) mass is 220 g/mol. The Bertz CT molecular complexity index is 322. The lowest BCUT2D eigenvalue weighted by molar-refractivity contribution is 0.222. The van der Waals surface area contributed by atoms with Gasteiger partial charge in [0.1, 0.15) is 5.76 Å². The third-order valence-electron chi connectivity index (χ3n) is 4.13. The molecule has 3 heteroatoms. The van der Waals surface area contributed by atoms with Crippen LogP contribution in [0.4, 0.5) is 0 Å².